The summed E-state index contributed by atoms with van der Waals surface area (Å²) in [6.45, 7) is 9.17. The van der Waals surface area contributed by atoms with E-state index in [9.17, 15) is 9.59 Å². The van der Waals surface area contributed by atoms with Crippen LogP contribution >= 0.6 is 0 Å². The number of allylic oxidation sites excluding steroid dienone is 2. The summed E-state index contributed by atoms with van der Waals surface area (Å²) in [5, 5.41) is 6.32. The molecule has 2 N–H and O–H groups in total. The van der Waals surface area contributed by atoms with E-state index in [4.69, 9.17) is 0 Å². The van der Waals surface area contributed by atoms with Crippen molar-refractivity contribution in [3.8, 4) is 0 Å². The third kappa shape index (κ3) is 17.8. The molecule has 0 heterocycles. The zero-order valence-electron chi connectivity index (χ0n) is 22.1. The van der Waals surface area contributed by atoms with E-state index in [1.54, 1.807) is 0 Å². The molecule has 1 rings (SSSR count). The van der Waals surface area contributed by atoms with Gasteiger partial charge >= 0.3 is 0 Å². The van der Waals surface area contributed by atoms with Crippen LogP contribution in [0.3, 0.4) is 0 Å². The molecule has 0 aromatic heterocycles. The molecule has 0 bridgehead atoms. The Bertz CT molecular complexity index is 490. The number of amides is 2. The summed E-state index contributed by atoms with van der Waals surface area (Å²) in [5.74, 6) is 1.65. The van der Waals surface area contributed by atoms with Crippen LogP contribution in [0.2, 0.25) is 0 Å². The molecule has 0 saturated heterocycles. The number of nitrogens with one attached hydrogen (secondary N) is 2. The minimum Gasteiger partial charge on any atom is -0.356 e. The van der Waals surface area contributed by atoms with Gasteiger partial charge in [-0.2, -0.15) is 0 Å². The van der Waals surface area contributed by atoms with Crippen molar-refractivity contribution in [3.05, 3.63) is 25.3 Å². The van der Waals surface area contributed by atoms with Crippen LogP contribution in [0.15, 0.2) is 25.3 Å². The molecular formula is C30H54N2O2. The fraction of sp³-hybridized carbons (Fsp3) is 0.800. The molecule has 2 amide bonds. The van der Waals surface area contributed by atoms with Crippen molar-refractivity contribution in [3.63, 3.8) is 0 Å². The smallest absolute Gasteiger partial charge is 0.220 e. The third-order valence-corrected chi connectivity index (χ3v) is 7.27. The number of unbranched alkanes of at least 4 members (excludes halogenated alkanes) is 12. The Morgan fingerprint density at radius 3 is 1.24 bits per heavy atom. The first-order valence-electron chi connectivity index (χ1n) is 14.4. The second-order valence-electron chi connectivity index (χ2n) is 10.4. The predicted molar refractivity (Wildman–Crippen MR) is 146 cm³/mol. The molecule has 0 atom stereocenters. The van der Waals surface area contributed by atoms with Crippen LogP contribution in [-0.2, 0) is 9.59 Å². The van der Waals surface area contributed by atoms with Gasteiger partial charge in [-0.05, 0) is 76.0 Å². The molecule has 0 aliphatic heterocycles. The van der Waals surface area contributed by atoms with E-state index in [0.717, 1.165) is 77.3 Å². The first-order valence-corrected chi connectivity index (χ1v) is 14.4. The van der Waals surface area contributed by atoms with Gasteiger partial charge in [0.15, 0.2) is 0 Å². The molecular weight excluding hydrogens is 420 g/mol. The summed E-state index contributed by atoms with van der Waals surface area (Å²) in [6.07, 6.45) is 26.6. The van der Waals surface area contributed by atoms with Gasteiger partial charge in [0.05, 0.1) is 0 Å². The highest BCUT2D eigenvalue weighted by atomic mass is 16.2. The van der Waals surface area contributed by atoms with Crippen molar-refractivity contribution in [1.29, 1.82) is 0 Å². The average Bonchev–Trinajstić information content (AvgIpc) is 2.85. The van der Waals surface area contributed by atoms with Gasteiger partial charge in [0.1, 0.15) is 0 Å². The lowest BCUT2D eigenvalue weighted by Gasteiger charge is -2.28. The standard InChI is InChI=1S/C30H54N2O2/c1-3-5-7-9-11-13-15-17-19-29(33)31-25-27-21-23-28(24-22-27)26-32-30(34)20-18-16-14-12-10-8-6-4-2/h3-4,27-28H,1-2,5-26H2,(H,31,33)(H,32,34). The normalized spacial score (nSPS) is 17.8. The summed E-state index contributed by atoms with van der Waals surface area (Å²) >= 11 is 0. The molecule has 1 aliphatic rings. The van der Waals surface area contributed by atoms with Gasteiger partial charge in [0.25, 0.3) is 0 Å². The molecule has 34 heavy (non-hydrogen) atoms. The van der Waals surface area contributed by atoms with Crippen LogP contribution in [0.25, 0.3) is 0 Å². The third-order valence-electron chi connectivity index (χ3n) is 7.27. The summed E-state index contributed by atoms with van der Waals surface area (Å²) in [5.41, 5.74) is 0. The van der Waals surface area contributed by atoms with Gasteiger partial charge in [-0.15, -0.1) is 13.2 Å². The Morgan fingerprint density at radius 1 is 0.559 bits per heavy atom. The summed E-state index contributed by atoms with van der Waals surface area (Å²) < 4.78 is 0. The van der Waals surface area contributed by atoms with Crippen molar-refractivity contribution < 1.29 is 9.59 Å². The van der Waals surface area contributed by atoms with Gasteiger partial charge in [0, 0.05) is 25.9 Å². The zero-order chi connectivity index (χ0) is 24.7. The minimum atomic E-state index is 0.220. The Balaban J connectivity index is 1.94. The predicted octanol–water partition coefficient (Wildman–Crippen LogP) is 7.64. The first-order chi connectivity index (χ1) is 16.7. The van der Waals surface area contributed by atoms with Gasteiger partial charge in [-0.3, -0.25) is 9.59 Å². The van der Waals surface area contributed by atoms with Crippen molar-refractivity contribution in [2.75, 3.05) is 13.1 Å². The molecule has 1 aliphatic carbocycles. The minimum absolute atomic E-state index is 0.220. The van der Waals surface area contributed by atoms with Crippen molar-refractivity contribution in [2.24, 2.45) is 11.8 Å². The van der Waals surface area contributed by atoms with Crippen molar-refractivity contribution in [1.82, 2.24) is 10.6 Å². The van der Waals surface area contributed by atoms with E-state index in [2.05, 4.69) is 23.8 Å². The Labute approximate surface area is 210 Å². The average molecular weight is 475 g/mol. The largest absolute Gasteiger partial charge is 0.356 e. The van der Waals surface area contributed by atoms with Gasteiger partial charge in [0.2, 0.25) is 11.8 Å². The van der Waals surface area contributed by atoms with Crippen LogP contribution < -0.4 is 10.6 Å². The number of carbonyl (C=O) groups excluding carboxylic acids is 2. The van der Waals surface area contributed by atoms with Gasteiger partial charge in [-0.25, -0.2) is 0 Å². The lowest BCUT2D eigenvalue weighted by molar-refractivity contribution is -0.122. The number of hydrogen-bond acceptors (Lipinski definition) is 2. The lowest BCUT2D eigenvalue weighted by atomic mass is 9.82. The van der Waals surface area contributed by atoms with E-state index in [1.165, 1.54) is 51.4 Å². The first kappa shape index (κ1) is 30.5. The molecule has 0 unspecified atom stereocenters. The second-order valence-corrected chi connectivity index (χ2v) is 10.4. The van der Waals surface area contributed by atoms with Crippen LogP contribution in [0.4, 0.5) is 0 Å². The van der Waals surface area contributed by atoms with Crippen LogP contribution in [0.1, 0.15) is 128 Å². The summed E-state index contributed by atoms with van der Waals surface area (Å²) in [6, 6.07) is 0. The van der Waals surface area contributed by atoms with Gasteiger partial charge in [-0.1, -0.05) is 63.5 Å². The summed E-state index contributed by atoms with van der Waals surface area (Å²) in [7, 11) is 0. The van der Waals surface area contributed by atoms with Crippen molar-refractivity contribution >= 4 is 11.8 Å². The molecule has 0 aromatic rings. The molecule has 196 valence electrons. The Morgan fingerprint density at radius 2 is 0.882 bits per heavy atom. The molecule has 4 nitrogen and oxygen atoms in total. The fourth-order valence-electron chi connectivity index (χ4n) is 4.90. The van der Waals surface area contributed by atoms with Gasteiger partial charge < -0.3 is 10.6 Å². The SMILES string of the molecule is C=CCCCCCCCCC(=O)NCC1CCC(CNC(=O)CCCCCCCCC=C)CC1. The zero-order valence-corrected chi connectivity index (χ0v) is 22.1. The second kappa shape index (κ2) is 21.9. The van der Waals surface area contributed by atoms with E-state index in [-0.39, 0.29) is 11.8 Å². The molecule has 1 saturated carbocycles. The summed E-state index contributed by atoms with van der Waals surface area (Å²) in [4.78, 5) is 24.2. The molecule has 0 radical (unpaired) electrons. The molecule has 1 fully saturated rings. The maximum absolute atomic E-state index is 12.1. The van der Waals surface area contributed by atoms with Crippen molar-refractivity contribution in [2.45, 2.75) is 128 Å². The van der Waals surface area contributed by atoms with Crippen LogP contribution in [-0.4, -0.2) is 24.9 Å². The number of hydrogen-bond donors (Lipinski definition) is 2. The highest BCUT2D eigenvalue weighted by molar-refractivity contribution is 5.76. The molecule has 0 aromatic carbocycles. The molecule has 4 heteroatoms. The maximum atomic E-state index is 12.1. The van der Waals surface area contributed by atoms with E-state index in [0.29, 0.717) is 24.7 Å². The Kier molecular flexibility index (Phi) is 19.6. The number of rotatable bonds is 22. The maximum Gasteiger partial charge on any atom is 0.220 e. The van der Waals surface area contributed by atoms with Crippen LogP contribution in [0, 0.1) is 11.8 Å². The quantitative estimate of drug-likeness (QED) is 0.125. The van der Waals surface area contributed by atoms with E-state index in [1.807, 2.05) is 12.2 Å². The number of carbonyl (C=O) groups is 2. The van der Waals surface area contributed by atoms with Crippen LogP contribution in [0.5, 0.6) is 0 Å². The highest BCUT2D eigenvalue weighted by Gasteiger charge is 2.21. The fourth-order valence-corrected chi connectivity index (χ4v) is 4.90. The molecule has 0 spiro atoms. The lowest BCUT2D eigenvalue weighted by Crippen LogP contribution is -2.34. The Hall–Kier alpha value is -1.58. The topological polar surface area (TPSA) is 58.2 Å². The monoisotopic (exact) mass is 474 g/mol. The van der Waals surface area contributed by atoms with E-state index >= 15 is 0 Å². The highest BCUT2D eigenvalue weighted by Crippen LogP contribution is 2.28. The van der Waals surface area contributed by atoms with E-state index < -0.39 is 0 Å².